The number of anilines is 1. The molecular formula is C19H21N5O4. The lowest BCUT2D eigenvalue weighted by Gasteiger charge is -2.08. The number of aliphatic carboxylic acids is 1. The van der Waals surface area contributed by atoms with E-state index in [9.17, 15) is 9.59 Å². The van der Waals surface area contributed by atoms with E-state index in [0.29, 0.717) is 29.2 Å². The molecule has 2 aromatic carbocycles. The number of carbonyl (C=O) groups is 2. The third-order valence-electron chi connectivity index (χ3n) is 3.71. The van der Waals surface area contributed by atoms with Gasteiger partial charge in [0.2, 0.25) is 5.82 Å². The van der Waals surface area contributed by atoms with E-state index in [1.54, 1.807) is 48.5 Å². The molecule has 0 saturated carbocycles. The van der Waals surface area contributed by atoms with E-state index in [-0.39, 0.29) is 26.4 Å². The largest absolute Gasteiger partial charge is 0.485 e. The fourth-order valence-electron chi connectivity index (χ4n) is 2.30. The molecule has 3 rings (SSSR count). The number of nitrogens with one attached hydrogen (secondary N) is 2. The molecule has 146 valence electrons. The van der Waals surface area contributed by atoms with Crippen LogP contribution in [0, 0.1) is 0 Å². The van der Waals surface area contributed by atoms with Crippen molar-refractivity contribution in [1.29, 1.82) is 0 Å². The standard InChI is InChI=1S/C18H17N5O4.CH4/c24-17(25)10-3-12-1-6-14(7-2-12)19-18(26)13-4-8-15(9-5-13)27-11-16-20-22-23-21-16;/h1-2,4-9H,3,10-11H2,(H,19,26)(H,24,25)(H,20,21,22,23);1H4. The molecule has 9 nitrogen and oxygen atoms in total. The highest BCUT2D eigenvalue weighted by atomic mass is 16.5. The summed E-state index contributed by atoms with van der Waals surface area (Å²) < 4.78 is 5.50. The normalized spacial score (nSPS) is 10.0. The number of carbonyl (C=O) groups excluding carboxylic acids is 1. The van der Waals surface area contributed by atoms with E-state index in [1.807, 2.05) is 0 Å². The fourth-order valence-corrected chi connectivity index (χ4v) is 2.30. The maximum absolute atomic E-state index is 12.3. The molecule has 0 radical (unpaired) electrons. The van der Waals surface area contributed by atoms with Gasteiger partial charge in [0.1, 0.15) is 5.75 Å². The minimum atomic E-state index is -0.836. The molecule has 28 heavy (non-hydrogen) atoms. The molecule has 0 aliphatic carbocycles. The van der Waals surface area contributed by atoms with Gasteiger partial charge < -0.3 is 15.2 Å². The Bertz CT molecular complexity index is 893. The van der Waals surface area contributed by atoms with Crippen molar-refractivity contribution in [3.8, 4) is 5.75 Å². The van der Waals surface area contributed by atoms with E-state index in [4.69, 9.17) is 9.84 Å². The van der Waals surface area contributed by atoms with Crippen molar-refractivity contribution < 1.29 is 19.4 Å². The highest BCUT2D eigenvalue weighted by Gasteiger charge is 2.07. The molecule has 1 amide bonds. The van der Waals surface area contributed by atoms with Crippen molar-refractivity contribution in [1.82, 2.24) is 20.6 Å². The number of aromatic amines is 1. The number of nitrogens with zero attached hydrogens (tertiary/aromatic N) is 3. The molecular weight excluding hydrogens is 362 g/mol. The first kappa shape index (κ1) is 20.6. The highest BCUT2D eigenvalue weighted by Crippen LogP contribution is 2.16. The summed E-state index contributed by atoms with van der Waals surface area (Å²) in [4.78, 5) is 22.9. The number of aryl methyl sites for hydroxylation is 1. The Morgan fingerprint density at radius 3 is 2.39 bits per heavy atom. The summed E-state index contributed by atoms with van der Waals surface area (Å²) in [5.41, 5.74) is 2.02. The molecule has 3 N–H and O–H groups in total. The molecule has 1 heterocycles. The van der Waals surface area contributed by atoms with Crippen LogP contribution in [0.1, 0.15) is 35.6 Å². The van der Waals surface area contributed by atoms with Crippen molar-refractivity contribution >= 4 is 17.6 Å². The van der Waals surface area contributed by atoms with Gasteiger partial charge in [0.05, 0.1) is 0 Å². The zero-order valence-electron chi connectivity index (χ0n) is 14.3. The second-order valence-electron chi connectivity index (χ2n) is 5.69. The van der Waals surface area contributed by atoms with Crippen molar-refractivity contribution in [2.45, 2.75) is 26.9 Å². The van der Waals surface area contributed by atoms with Gasteiger partial charge in [-0.05, 0) is 48.4 Å². The van der Waals surface area contributed by atoms with Crippen LogP contribution in [-0.2, 0) is 17.8 Å². The van der Waals surface area contributed by atoms with Crippen molar-refractivity contribution in [3.05, 3.63) is 65.5 Å². The lowest BCUT2D eigenvalue weighted by molar-refractivity contribution is -0.136. The SMILES string of the molecule is C.O=C(O)CCc1ccc(NC(=O)c2ccc(OCc3nn[nH]n3)cc2)cc1. The van der Waals surface area contributed by atoms with Crippen LogP contribution in [-0.4, -0.2) is 37.6 Å². The Labute approximate surface area is 161 Å². The third-order valence-corrected chi connectivity index (χ3v) is 3.71. The van der Waals surface area contributed by atoms with Crippen LogP contribution in [0.2, 0.25) is 0 Å². The van der Waals surface area contributed by atoms with Crippen LogP contribution in [0.4, 0.5) is 5.69 Å². The number of hydrogen-bond donors (Lipinski definition) is 3. The first-order valence-corrected chi connectivity index (χ1v) is 8.17. The van der Waals surface area contributed by atoms with Gasteiger partial charge in [-0.15, -0.1) is 10.2 Å². The smallest absolute Gasteiger partial charge is 0.303 e. The predicted octanol–water partition coefficient (Wildman–Crippen LogP) is 2.68. The predicted molar refractivity (Wildman–Crippen MR) is 102 cm³/mol. The quantitative estimate of drug-likeness (QED) is 0.545. The summed E-state index contributed by atoms with van der Waals surface area (Å²) in [7, 11) is 0. The average molecular weight is 383 g/mol. The number of hydrogen-bond acceptors (Lipinski definition) is 6. The summed E-state index contributed by atoms with van der Waals surface area (Å²) in [6.07, 6.45) is 0.529. The molecule has 0 aliphatic heterocycles. The molecule has 0 atom stereocenters. The zero-order valence-corrected chi connectivity index (χ0v) is 14.3. The Morgan fingerprint density at radius 1 is 1.07 bits per heavy atom. The van der Waals surface area contributed by atoms with Gasteiger partial charge in [-0.2, -0.15) is 5.21 Å². The maximum atomic E-state index is 12.3. The number of rotatable bonds is 8. The van der Waals surface area contributed by atoms with E-state index in [1.165, 1.54) is 0 Å². The van der Waals surface area contributed by atoms with Crippen LogP contribution < -0.4 is 10.1 Å². The summed E-state index contributed by atoms with van der Waals surface area (Å²) >= 11 is 0. The molecule has 0 saturated heterocycles. The number of ether oxygens (including phenoxy) is 1. The molecule has 3 aromatic rings. The Balaban J connectivity index is 0.00000280. The summed E-state index contributed by atoms with van der Waals surface area (Å²) in [5.74, 6) is -0.0714. The van der Waals surface area contributed by atoms with Gasteiger partial charge in [0.15, 0.2) is 6.61 Å². The van der Waals surface area contributed by atoms with E-state index in [2.05, 4.69) is 25.9 Å². The van der Waals surface area contributed by atoms with Crippen LogP contribution >= 0.6 is 0 Å². The fraction of sp³-hybridized carbons (Fsp3) is 0.211. The second-order valence-corrected chi connectivity index (χ2v) is 5.69. The van der Waals surface area contributed by atoms with Crippen molar-refractivity contribution in [2.75, 3.05) is 5.32 Å². The van der Waals surface area contributed by atoms with Gasteiger partial charge in [-0.1, -0.05) is 24.8 Å². The van der Waals surface area contributed by atoms with Crippen molar-refractivity contribution in [2.24, 2.45) is 0 Å². The van der Waals surface area contributed by atoms with Crippen LogP contribution in [0.5, 0.6) is 5.75 Å². The summed E-state index contributed by atoms with van der Waals surface area (Å²) in [5, 5.41) is 24.8. The lowest BCUT2D eigenvalue weighted by atomic mass is 10.1. The van der Waals surface area contributed by atoms with E-state index >= 15 is 0 Å². The van der Waals surface area contributed by atoms with Crippen LogP contribution in [0.3, 0.4) is 0 Å². The Kier molecular flexibility index (Phi) is 7.21. The molecule has 0 aliphatic rings. The minimum Gasteiger partial charge on any atom is -0.485 e. The maximum Gasteiger partial charge on any atom is 0.303 e. The topological polar surface area (TPSA) is 130 Å². The molecule has 1 aromatic heterocycles. The average Bonchev–Trinajstić information content (AvgIpc) is 3.20. The van der Waals surface area contributed by atoms with Crippen LogP contribution in [0.25, 0.3) is 0 Å². The number of benzene rings is 2. The minimum absolute atomic E-state index is 0. The Hall–Kier alpha value is -3.75. The third kappa shape index (κ3) is 5.90. The summed E-state index contributed by atoms with van der Waals surface area (Å²) in [6.45, 7) is 0.177. The number of tetrazole rings is 1. The number of carboxylic acids is 1. The molecule has 0 spiro atoms. The number of amides is 1. The van der Waals surface area contributed by atoms with Gasteiger partial charge in [0.25, 0.3) is 5.91 Å². The number of carboxylic acid groups (broad SMARTS) is 1. The second kappa shape index (κ2) is 9.81. The number of H-pyrrole nitrogens is 1. The summed E-state index contributed by atoms with van der Waals surface area (Å²) in [6, 6.07) is 13.8. The van der Waals surface area contributed by atoms with E-state index < -0.39 is 5.97 Å². The lowest BCUT2D eigenvalue weighted by Crippen LogP contribution is -2.11. The van der Waals surface area contributed by atoms with Gasteiger partial charge in [-0.3, -0.25) is 9.59 Å². The first-order valence-electron chi connectivity index (χ1n) is 8.17. The van der Waals surface area contributed by atoms with Gasteiger partial charge in [-0.25, -0.2) is 0 Å². The highest BCUT2D eigenvalue weighted by molar-refractivity contribution is 6.04. The zero-order chi connectivity index (χ0) is 19.1. The monoisotopic (exact) mass is 383 g/mol. The van der Waals surface area contributed by atoms with Gasteiger partial charge >= 0.3 is 5.97 Å². The van der Waals surface area contributed by atoms with Gasteiger partial charge in [0, 0.05) is 17.7 Å². The van der Waals surface area contributed by atoms with E-state index in [0.717, 1.165) is 5.56 Å². The molecule has 9 heteroatoms. The number of aromatic nitrogens is 4. The molecule has 0 fully saturated rings. The molecule has 0 unspecified atom stereocenters. The van der Waals surface area contributed by atoms with Crippen molar-refractivity contribution in [3.63, 3.8) is 0 Å². The Morgan fingerprint density at radius 2 is 1.79 bits per heavy atom. The van der Waals surface area contributed by atoms with Crippen LogP contribution in [0.15, 0.2) is 48.5 Å². The molecule has 0 bridgehead atoms. The first-order chi connectivity index (χ1) is 13.1.